The second-order valence-electron chi connectivity index (χ2n) is 5.97. The van der Waals surface area contributed by atoms with Gasteiger partial charge < -0.3 is 19.8 Å². The minimum Gasteiger partial charge on any atom is -0.411 e. The first-order valence-electron chi connectivity index (χ1n) is 8.87. The van der Waals surface area contributed by atoms with E-state index in [1.54, 1.807) is 24.3 Å². The predicted octanol–water partition coefficient (Wildman–Crippen LogP) is 4.01. The summed E-state index contributed by atoms with van der Waals surface area (Å²) in [5.74, 6) is -0.581. The maximum atomic E-state index is 14.0. The van der Waals surface area contributed by atoms with Crippen LogP contribution in [0.3, 0.4) is 0 Å². The van der Waals surface area contributed by atoms with Crippen molar-refractivity contribution in [1.82, 2.24) is 14.8 Å². The number of nitrogens with zero attached hydrogens (tertiary/aromatic N) is 5. The van der Waals surface area contributed by atoms with Gasteiger partial charge in [-0.15, -0.1) is 4.68 Å². The van der Waals surface area contributed by atoms with E-state index in [9.17, 15) is 14.5 Å². The highest BCUT2D eigenvalue weighted by Gasteiger charge is 2.24. The highest BCUT2D eigenvalue weighted by Crippen LogP contribution is 2.27. The highest BCUT2D eigenvalue weighted by molar-refractivity contribution is 5.51. The van der Waals surface area contributed by atoms with E-state index in [-0.39, 0.29) is 12.6 Å². The molecule has 0 saturated heterocycles. The van der Waals surface area contributed by atoms with Crippen molar-refractivity contribution in [2.75, 3.05) is 18.0 Å². The second-order valence-corrected chi connectivity index (χ2v) is 5.97. The Balaban J connectivity index is 1.92. The van der Waals surface area contributed by atoms with Gasteiger partial charge in [0.15, 0.2) is 0 Å². The monoisotopic (exact) mass is 385 g/mol. The van der Waals surface area contributed by atoms with Crippen LogP contribution < -0.4 is 9.64 Å². The zero-order chi connectivity index (χ0) is 20.1. The summed E-state index contributed by atoms with van der Waals surface area (Å²) in [5, 5.41) is 14.9. The molecule has 146 valence electrons. The minimum atomic E-state index is -0.711. The molecule has 2 aromatic carbocycles. The molecular weight excluding hydrogens is 365 g/mol. The largest absolute Gasteiger partial charge is 0.494 e. The van der Waals surface area contributed by atoms with E-state index in [2.05, 4.69) is 15.0 Å². The Bertz CT molecular complexity index is 972. The van der Waals surface area contributed by atoms with Crippen molar-refractivity contribution in [3.05, 3.63) is 70.0 Å². The van der Waals surface area contributed by atoms with Crippen molar-refractivity contribution >= 4 is 11.6 Å². The number of halogens is 1. The smallest absolute Gasteiger partial charge is 0.411 e. The molecule has 0 fully saturated rings. The molecule has 3 aromatic rings. The van der Waals surface area contributed by atoms with Gasteiger partial charge in [0.25, 0.3) is 0 Å². The Labute approximate surface area is 161 Å². The number of ether oxygens (including phenoxy) is 1. The quantitative estimate of drug-likeness (QED) is 0.430. The van der Waals surface area contributed by atoms with Crippen LogP contribution in [0.5, 0.6) is 11.8 Å². The number of benzene rings is 2. The number of nitro groups is 1. The van der Waals surface area contributed by atoms with Gasteiger partial charge in [0, 0.05) is 35.5 Å². The molecule has 8 nitrogen and oxygen atoms in total. The van der Waals surface area contributed by atoms with Gasteiger partial charge in [-0.05, 0) is 42.0 Å². The second kappa shape index (κ2) is 8.47. The third-order valence-electron chi connectivity index (χ3n) is 4.22. The Morgan fingerprint density at radius 1 is 1.18 bits per heavy atom. The molecular formula is C19H20FN5O3. The summed E-state index contributed by atoms with van der Waals surface area (Å²) >= 11 is 0. The average molecular weight is 385 g/mol. The molecule has 0 atom stereocenters. The Kier molecular flexibility index (Phi) is 5.83. The first-order chi connectivity index (χ1) is 13.5. The molecule has 28 heavy (non-hydrogen) atoms. The first-order valence-corrected chi connectivity index (χ1v) is 8.87. The summed E-state index contributed by atoms with van der Waals surface area (Å²) in [7, 11) is 0. The van der Waals surface area contributed by atoms with E-state index in [4.69, 9.17) is 4.74 Å². The Morgan fingerprint density at radius 3 is 2.61 bits per heavy atom. The van der Waals surface area contributed by atoms with Gasteiger partial charge in [-0.25, -0.2) is 4.39 Å². The topological polar surface area (TPSA) is 86.3 Å². The number of hydrogen-bond donors (Lipinski definition) is 0. The van der Waals surface area contributed by atoms with Crippen molar-refractivity contribution in [3.63, 3.8) is 0 Å². The summed E-state index contributed by atoms with van der Waals surface area (Å²) in [5.41, 5.74) is 1.28. The number of rotatable bonds is 8. The molecule has 9 heteroatoms. The van der Waals surface area contributed by atoms with Crippen molar-refractivity contribution in [2.24, 2.45) is 0 Å². The fraction of sp³-hybridized carbons (Fsp3) is 0.263. The number of aromatic nitrogens is 3. The maximum Gasteiger partial charge on any atom is 0.494 e. The van der Waals surface area contributed by atoms with Crippen LogP contribution >= 0.6 is 0 Å². The molecule has 0 aliphatic carbocycles. The van der Waals surface area contributed by atoms with Gasteiger partial charge in [0.1, 0.15) is 11.6 Å². The predicted molar refractivity (Wildman–Crippen MR) is 102 cm³/mol. The number of hydrogen-bond acceptors (Lipinski definition) is 6. The Hall–Kier alpha value is -3.49. The average Bonchev–Trinajstić information content (AvgIpc) is 3.08. The van der Waals surface area contributed by atoms with Gasteiger partial charge >= 0.3 is 12.0 Å². The molecule has 0 amide bonds. The number of anilines is 1. The molecule has 0 spiro atoms. The van der Waals surface area contributed by atoms with Crippen LogP contribution in [-0.4, -0.2) is 32.8 Å². The first kappa shape index (κ1) is 19.3. The van der Waals surface area contributed by atoms with Crippen molar-refractivity contribution in [1.29, 1.82) is 0 Å². The van der Waals surface area contributed by atoms with Crippen LogP contribution in [0.25, 0.3) is 0 Å². The molecule has 0 aliphatic heterocycles. The molecule has 0 saturated carbocycles. The summed E-state index contributed by atoms with van der Waals surface area (Å²) in [6.07, 6.45) is 0. The van der Waals surface area contributed by atoms with Crippen molar-refractivity contribution in [2.45, 2.75) is 20.4 Å². The molecule has 0 aliphatic rings. The van der Waals surface area contributed by atoms with Crippen LogP contribution in [0.4, 0.5) is 16.0 Å². The summed E-state index contributed by atoms with van der Waals surface area (Å²) < 4.78 is 20.9. The minimum absolute atomic E-state index is 0.0431. The highest BCUT2D eigenvalue weighted by atomic mass is 19.1. The molecule has 0 radical (unpaired) electrons. The fourth-order valence-electron chi connectivity index (χ4n) is 2.80. The Morgan fingerprint density at radius 2 is 1.93 bits per heavy atom. The van der Waals surface area contributed by atoms with Crippen molar-refractivity contribution in [3.8, 4) is 11.8 Å². The molecule has 1 heterocycles. The molecule has 0 N–H and O–H groups in total. The standard InChI is InChI=1S/C19H20FN5O3/c1-3-23(4-2)15-9-7-10-16(12-15)28-19-21-18(25(26)27)22-24(19)13-14-8-5-6-11-17(14)20/h5-12H,3-4,13H2,1-2H3. The normalized spacial score (nSPS) is 10.7. The van der Waals surface area contributed by atoms with Gasteiger partial charge in [-0.1, -0.05) is 24.3 Å². The zero-order valence-corrected chi connectivity index (χ0v) is 15.6. The fourth-order valence-corrected chi connectivity index (χ4v) is 2.80. The SMILES string of the molecule is CCN(CC)c1cccc(Oc2nc([N+](=O)[O-])nn2Cc2ccccc2F)c1. The van der Waals surface area contributed by atoms with Crippen LogP contribution in [0, 0.1) is 15.9 Å². The lowest BCUT2D eigenvalue weighted by Crippen LogP contribution is -2.21. The van der Waals surface area contributed by atoms with Gasteiger partial charge in [0.2, 0.25) is 0 Å². The third-order valence-corrected chi connectivity index (χ3v) is 4.22. The van der Waals surface area contributed by atoms with E-state index in [1.165, 1.54) is 10.7 Å². The van der Waals surface area contributed by atoms with E-state index in [0.29, 0.717) is 11.3 Å². The maximum absolute atomic E-state index is 14.0. The van der Waals surface area contributed by atoms with E-state index in [0.717, 1.165) is 18.8 Å². The van der Waals surface area contributed by atoms with E-state index < -0.39 is 16.7 Å². The van der Waals surface area contributed by atoms with Gasteiger partial charge in [0.05, 0.1) is 6.54 Å². The van der Waals surface area contributed by atoms with E-state index in [1.807, 2.05) is 32.0 Å². The zero-order valence-electron chi connectivity index (χ0n) is 15.6. The molecule has 0 bridgehead atoms. The molecule has 1 aromatic heterocycles. The van der Waals surface area contributed by atoms with Crippen LogP contribution in [0.2, 0.25) is 0 Å². The lowest BCUT2D eigenvalue weighted by molar-refractivity contribution is -0.394. The molecule has 0 unspecified atom stereocenters. The summed E-state index contributed by atoms with van der Waals surface area (Å²) in [4.78, 5) is 16.4. The summed E-state index contributed by atoms with van der Waals surface area (Å²) in [6, 6.07) is 13.4. The lowest BCUT2D eigenvalue weighted by atomic mass is 10.2. The van der Waals surface area contributed by atoms with Gasteiger partial charge in [-0.2, -0.15) is 0 Å². The third kappa shape index (κ3) is 4.25. The summed E-state index contributed by atoms with van der Waals surface area (Å²) in [6.45, 7) is 5.71. The van der Waals surface area contributed by atoms with Crippen LogP contribution in [0.1, 0.15) is 19.4 Å². The lowest BCUT2D eigenvalue weighted by Gasteiger charge is -2.21. The van der Waals surface area contributed by atoms with Crippen molar-refractivity contribution < 1.29 is 14.1 Å². The van der Waals surface area contributed by atoms with Crippen LogP contribution in [-0.2, 0) is 6.54 Å². The molecule has 3 rings (SSSR count). The van der Waals surface area contributed by atoms with E-state index >= 15 is 0 Å². The van der Waals surface area contributed by atoms with Gasteiger partial charge in [-0.3, -0.25) is 0 Å². The van der Waals surface area contributed by atoms with Crippen LogP contribution in [0.15, 0.2) is 48.5 Å².